The first-order valence-corrected chi connectivity index (χ1v) is 11.5. The van der Waals surface area contributed by atoms with E-state index >= 15 is 0 Å². The van der Waals surface area contributed by atoms with Crippen LogP contribution in [0.2, 0.25) is 0 Å². The molecule has 2 aliphatic rings. The minimum absolute atomic E-state index is 0.114. The van der Waals surface area contributed by atoms with Crippen molar-refractivity contribution in [3.63, 3.8) is 0 Å². The SMILES string of the molecule is COc1c([C@H]2[C@H](C(=O)Nc3ccc([C@@H]4COC(C)(C)O4)nc3)O[C@@](C)(C(F)(F)F)[C@H]2C)ccc(F)c1F. The van der Waals surface area contributed by atoms with Crippen molar-refractivity contribution in [2.24, 2.45) is 5.92 Å². The van der Waals surface area contributed by atoms with Crippen molar-refractivity contribution >= 4 is 11.6 Å². The van der Waals surface area contributed by atoms with E-state index in [1.807, 2.05) is 0 Å². The Morgan fingerprint density at radius 1 is 1.14 bits per heavy atom. The van der Waals surface area contributed by atoms with Crippen LogP contribution in [0.5, 0.6) is 5.75 Å². The lowest BCUT2D eigenvalue weighted by Gasteiger charge is -2.32. The number of amides is 1. The standard InChI is InChI=1S/C25H27F5N2O5/c1-12-18(14-7-8-15(26)19(27)20(14)34-5)21(37-24(12,4)25(28,29)30)22(33)32-13-6-9-16(31-10-13)17-11-35-23(2,3)36-17/h6-10,12,17-18,21H,11H2,1-5H3,(H,32,33)/t12-,17-,18-,21+,24+/m0/s1. The van der Waals surface area contributed by atoms with E-state index in [9.17, 15) is 26.7 Å². The summed E-state index contributed by atoms with van der Waals surface area (Å²) in [4.78, 5) is 17.5. The number of anilines is 1. The van der Waals surface area contributed by atoms with Crippen LogP contribution < -0.4 is 10.1 Å². The van der Waals surface area contributed by atoms with E-state index in [2.05, 4.69) is 10.3 Å². The van der Waals surface area contributed by atoms with E-state index < -0.39 is 64.9 Å². The third kappa shape index (κ3) is 4.89. The van der Waals surface area contributed by atoms with Gasteiger partial charge in [-0.15, -0.1) is 0 Å². The minimum atomic E-state index is -4.86. The van der Waals surface area contributed by atoms with Gasteiger partial charge < -0.3 is 24.3 Å². The summed E-state index contributed by atoms with van der Waals surface area (Å²) in [5.74, 6) is -7.53. The number of nitrogens with one attached hydrogen (secondary N) is 1. The molecular formula is C25H27F5N2O5. The van der Waals surface area contributed by atoms with E-state index in [1.165, 1.54) is 19.2 Å². The van der Waals surface area contributed by atoms with Crippen molar-refractivity contribution in [3.8, 4) is 5.75 Å². The number of pyridine rings is 1. The Hall–Kier alpha value is -2.83. The molecule has 7 nitrogen and oxygen atoms in total. The van der Waals surface area contributed by atoms with Crippen LogP contribution in [0, 0.1) is 17.6 Å². The molecule has 2 aromatic rings. The first-order valence-electron chi connectivity index (χ1n) is 11.5. The van der Waals surface area contributed by atoms with E-state index in [0.29, 0.717) is 5.69 Å². The van der Waals surface area contributed by atoms with Crippen molar-refractivity contribution in [2.75, 3.05) is 19.0 Å². The van der Waals surface area contributed by atoms with Crippen LogP contribution in [0.1, 0.15) is 51.0 Å². The van der Waals surface area contributed by atoms with E-state index in [0.717, 1.165) is 26.2 Å². The molecule has 2 saturated heterocycles. The zero-order valence-electron chi connectivity index (χ0n) is 20.8. The van der Waals surface area contributed by atoms with Crippen LogP contribution >= 0.6 is 0 Å². The highest BCUT2D eigenvalue weighted by Crippen LogP contribution is 2.55. The van der Waals surface area contributed by atoms with Crippen molar-refractivity contribution in [2.45, 2.75) is 63.4 Å². The van der Waals surface area contributed by atoms with Crippen LogP contribution in [-0.4, -0.2) is 48.3 Å². The molecule has 3 heterocycles. The number of hydrogen-bond donors (Lipinski definition) is 1. The zero-order valence-corrected chi connectivity index (χ0v) is 20.8. The summed E-state index contributed by atoms with van der Waals surface area (Å²) in [6.45, 7) is 5.88. The quantitative estimate of drug-likeness (QED) is 0.531. The van der Waals surface area contributed by atoms with Crippen molar-refractivity contribution < 1.29 is 45.7 Å². The highest BCUT2D eigenvalue weighted by Gasteiger charge is 2.66. The number of alkyl halides is 3. The van der Waals surface area contributed by atoms with Gasteiger partial charge in [-0.05, 0) is 39.0 Å². The molecule has 37 heavy (non-hydrogen) atoms. The summed E-state index contributed by atoms with van der Waals surface area (Å²) in [5.41, 5.74) is -2.12. The third-order valence-corrected chi connectivity index (χ3v) is 6.96. The van der Waals surface area contributed by atoms with E-state index in [4.69, 9.17) is 18.9 Å². The lowest BCUT2D eigenvalue weighted by Crippen LogP contribution is -2.47. The number of nitrogens with zero attached hydrogens (tertiary/aromatic N) is 1. The third-order valence-electron chi connectivity index (χ3n) is 6.96. The molecule has 0 bridgehead atoms. The summed E-state index contributed by atoms with van der Waals surface area (Å²) in [6.07, 6.45) is -5.65. The minimum Gasteiger partial charge on any atom is -0.493 e. The van der Waals surface area contributed by atoms with Crippen LogP contribution in [-0.2, 0) is 19.0 Å². The molecule has 5 atom stereocenters. The van der Waals surface area contributed by atoms with Gasteiger partial charge in [-0.2, -0.15) is 17.6 Å². The van der Waals surface area contributed by atoms with Crippen molar-refractivity contribution in [3.05, 3.63) is 53.4 Å². The predicted molar refractivity (Wildman–Crippen MR) is 121 cm³/mol. The number of halogens is 5. The molecule has 12 heteroatoms. The van der Waals surface area contributed by atoms with Crippen molar-refractivity contribution in [1.29, 1.82) is 0 Å². The Bertz CT molecular complexity index is 1170. The number of methoxy groups -OCH3 is 1. The van der Waals surface area contributed by atoms with Crippen LogP contribution in [0.15, 0.2) is 30.5 Å². The van der Waals surface area contributed by atoms with E-state index in [-0.39, 0.29) is 17.9 Å². The number of rotatable bonds is 5. The fourth-order valence-corrected chi connectivity index (χ4v) is 4.76. The fraction of sp³-hybridized carbons (Fsp3) is 0.520. The molecule has 0 unspecified atom stereocenters. The fourth-order valence-electron chi connectivity index (χ4n) is 4.76. The Morgan fingerprint density at radius 2 is 1.84 bits per heavy atom. The first-order chi connectivity index (χ1) is 17.2. The summed E-state index contributed by atoms with van der Waals surface area (Å²) in [6, 6.07) is 4.99. The van der Waals surface area contributed by atoms with Gasteiger partial charge in [0.2, 0.25) is 5.82 Å². The number of carbonyl (C=O) groups is 1. The highest BCUT2D eigenvalue weighted by molar-refractivity contribution is 5.95. The molecule has 0 radical (unpaired) electrons. The second-order valence-corrected chi connectivity index (χ2v) is 9.72. The second-order valence-electron chi connectivity index (χ2n) is 9.72. The number of benzene rings is 1. The van der Waals surface area contributed by atoms with Gasteiger partial charge in [0.25, 0.3) is 5.91 Å². The lowest BCUT2D eigenvalue weighted by molar-refractivity contribution is -0.272. The van der Waals surface area contributed by atoms with Gasteiger partial charge in [0, 0.05) is 17.4 Å². The number of ether oxygens (including phenoxy) is 4. The molecule has 0 spiro atoms. The molecule has 2 aliphatic heterocycles. The second kappa shape index (κ2) is 9.48. The number of carbonyl (C=O) groups excluding carboxylic acids is 1. The molecule has 0 saturated carbocycles. The number of aromatic nitrogens is 1. The summed E-state index contributed by atoms with van der Waals surface area (Å²) >= 11 is 0. The maximum absolute atomic E-state index is 14.5. The summed E-state index contributed by atoms with van der Waals surface area (Å²) in [7, 11) is 1.06. The predicted octanol–water partition coefficient (Wildman–Crippen LogP) is 5.27. The highest BCUT2D eigenvalue weighted by atomic mass is 19.4. The molecule has 4 rings (SSSR count). The topological polar surface area (TPSA) is 78.9 Å². The smallest absolute Gasteiger partial charge is 0.417 e. The normalized spacial score (nSPS) is 29.4. The average molecular weight is 530 g/mol. The Labute approximate surface area is 210 Å². The Morgan fingerprint density at radius 3 is 2.38 bits per heavy atom. The monoisotopic (exact) mass is 530 g/mol. The molecular weight excluding hydrogens is 503 g/mol. The summed E-state index contributed by atoms with van der Waals surface area (Å²) < 4.78 is 92.1. The van der Waals surface area contributed by atoms with Gasteiger partial charge in [-0.1, -0.05) is 13.0 Å². The molecule has 1 N–H and O–H groups in total. The Balaban J connectivity index is 1.64. The zero-order chi connectivity index (χ0) is 27.3. The average Bonchev–Trinajstić information content (AvgIpc) is 3.33. The molecule has 1 aromatic carbocycles. The maximum atomic E-state index is 14.5. The largest absolute Gasteiger partial charge is 0.493 e. The van der Waals surface area contributed by atoms with Gasteiger partial charge in [0.1, 0.15) is 12.2 Å². The molecule has 0 aliphatic carbocycles. The molecule has 1 aromatic heterocycles. The van der Waals surface area contributed by atoms with Crippen LogP contribution in [0.3, 0.4) is 0 Å². The maximum Gasteiger partial charge on any atom is 0.417 e. The van der Waals surface area contributed by atoms with Gasteiger partial charge >= 0.3 is 6.18 Å². The molecule has 1 amide bonds. The van der Waals surface area contributed by atoms with Gasteiger partial charge in [0.05, 0.1) is 31.3 Å². The van der Waals surface area contributed by atoms with Crippen molar-refractivity contribution in [1.82, 2.24) is 4.98 Å². The van der Waals surface area contributed by atoms with Gasteiger partial charge in [-0.3, -0.25) is 9.78 Å². The lowest BCUT2D eigenvalue weighted by atomic mass is 9.77. The van der Waals surface area contributed by atoms with Crippen LogP contribution in [0.25, 0.3) is 0 Å². The van der Waals surface area contributed by atoms with Gasteiger partial charge in [0.15, 0.2) is 23.0 Å². The molecule has 202 valence electrons. The molecule has 2 fully saturated rings. The Kier molecular flexibility index (Phi) is 6.97. The number of hydrogen-bond acceptors (Lipinski definition) is 6. The summed E-state index contributed by atoms with van der Waals surface area (Å²) in [5, 5.41) is 2.52. The van der Waals surface area contributed by atoms with Gasteiger partial charge in [-0.25, -0.2) is 4.39 Å². The van der Waals surface area contributed by atoms with Crippen LogP contribution in [0.4, 0.5) is 27.6 Å². The first kappa shape index (κ1) is 27.2. The van der Waals surface area contributed by atoms with E-state index in [1.54, 1.807) is 19.9 Å².